The molecule has 1 amide bonds. The van der Waals surface area contributed by atoms with E-state index in [9.17, 15) is 18.0 Å². The predicted octanol–water partition coefficient (Wildman–Crippen LogP) is 0.233. The Morgan fingerprint density at radius 1 is 1.56 bits per heavy atom. The van der Waals surface area contributed by atoms with Gasteiger partial charge in [-0.15, -0.1) is 0 Å². The van der Waals surface area contributed by atoms with Gasteiger partial charge in [-0.3, -0.25) is 4.79 Å². The third kappa shape index (κ3) is 1.48. The number of sulfone groups is 1. The molecule has 2 saturated heterocycles. The number of carbonyl (C=O) groups excluding carboxylic acids is 2. The smallest absolute Gasteiger partial charge is 0.331 e. The first kappa shape index (κ1) is 14.1. The van der Waals surface area contributed by atoms with Crippen LogP contribution in [0.25, 0.3) is 0 Å². The van der Waals surface area contributed by atoms with Crippen LogP contribution in [0.2, 0.25) is 0 Å². The summed E-state index contributed by atoms with van der Waals surface area (Å²) in [5, 5.41) is -1.01. The van der Waals surface area contributed by atoms with Crippen LogP contribution in [-0.2, 0) is 24.2 Å². The fraction of sp³-hybridized carbons (Fsp3) is 0.778. The van der Waals surface area contributed by atoms with Gasteiger partial charge in [0.05, 0.1) is 0 Å². The van der Waals surface area contributed by atoms with Crippen LogP contribution in [0.1, 0.15) is 13.8 Å². The van der Waals surface area contributed by atoms with E-state index in [4.69, 9.17) is 11.6 Å². The molecule has 0 spiro atoms. The molecule has 0 aromatic rings. The van der Waals surface area contributed by atoms with Crippen molar-refractivity contribution < 1.29 is 22.7 Å². The van der Waals surface area contributed by atoms with Gasteiger partial charge in [-0.1, -0.05) is 27.5 Å². The molecule has 2 aliphatic rings. The van der Waals surface area contributed by atoms with Gasteiger partial charge in [0.2, 0.25) is 5.91 Å². The number of amides is 1. The summed E-state index contributed by atoms with van der Waals surface area (Å²) >= 11 is 8.33. The third-order valence-corrected chi connectivity index (χ3v) is 7.60. The minimum absolute atomic E-state index is 0.379. The van der Waals surface area contributed by atoms with Crippen molar-refractivity contribution in [2.75, 3.05) is 6.07 Å². The highest BCUT2D eigenvalue weighted by molar-refractivity contribution is 9.10. The summed E-state index contributed by atoms with van der Waals surface area (Å²) in [5.41, 5.74) is 0. The maximum Gasteiger partial charge on any atom is 0.331 e. The van der Waals surface area contributed by atoms with Crippen molar-refractivity contribution in [3.05, 3.63) is 0 Å². The van der Waals surface area contributed by atoms with Crippen molar-refractivity contribution >= 4 is 49.2 Å². The van der Waals surface area contributed by atoms with Crippen molar-refractivity contribution in [1.82, 2.24) is 4.90 Å². The highest BCUT2D eigenvalue weighted by atomic mass is 79.9. The van der Waals surface area contributed by atoms with Crippen molar-refractivity contribution in [3.63, 3.8) is 0 Å². The molecule has 0 aromatic heterocycles. The van der Waals surface area contributed by atoms with E-state index in [1.54, 1.807) is 0 Å². The van der Waals surface area contributed by atoms with Crippen LogP contribution in [0.3, 0.4) is 0 Å². The molecule has 2 fully saturated rings. The van der Waals surface area contributed by atoms with Gasteiger partial charge in [-0.2, -0.15) is 0 Å². The van der Waals surface area contributed by atoms with E-state index in [-0.39, 0.29) is 6.07 Å². The molecule has 2 aliphatic heterocycles. The lowest BCUT2D eigenvalue weighted by atomic mass is 9.98. The fourth-order valence-electron chi connectivity index (χ4n) is 2.36. The third-order valence-electron chi connectivity index (χ3n) is 3.42. The van der Waals surface area contributed by atoms with Crippen molar-refractivity contribution in [3.8, 4) is 0 Å². The van der Waals surface area contributed by atoms with Crippen LogP contribution in [0.5, 0.6) is 0 Å². The highest BCUT2D eigenvalue weighted by Gasteiger charge is 2.71. The first-order chi connectivity index (χ1) is 8.17. The molecule has 2 heterocycles. The van der Waals surface area contributed by atoms with Gasteiger partial charge in [0.25, 0.3) is 0 Å². The second-order valence-electron chi connectivity index (χ2n) is 4.66. The minimum Gasteiger partial charge on any atom is -0.448 e. The van der Waals surface area contributed by atoms with Gasteiger partial charge < -0.3 is 9.64 Å². The monoisotopic (exact) mass is 359 g/mol. The summed E-state index contributed by atoms with van der Waals surface area (Å²) in [4.78, 5) is 23.8. The van der Waals surface area contributed by atoms with Gasteiger partial charge in [-0.05, 0) is 13.8 Å². The molecule has 2 rings (SSSR count). The van der Waals surface area contributed by atoms with Gasteiger partial charge in [0, 0.05) is 0 Å². The first-order valence-corrected chi connectivity index (χ1v) is 8.10. The van der Waals surface area contributed by atoms with Gasteiger partial charge >= 0.3 is 5.97 Å². The highest BCUT2D eigenvalue weighted by Crippen LogP contribution is 2.48. The number of hydrogen-bond acceptors (Lipinski definition) is 5. The number of alkyl halides is 2. The van der Waals surface area contributed by atoms with Gasteiger partial charge in [0.15, 0.2) is 21.3 Å². The van der Waals surface area contributed by atoms with Crippen LogP contribution >= 0.6 is 27.5 Å². The lowest BCUT2D eigenvalue weighted by Crippen LogP contribution is -2.64. The van der Waals surface area contributed by atoms with Crippen LogP contribution in [0.15, 0.2) is 0 Å². The standard InChI is InChI=1S/C9H11BrClNO5S/c1-9(2)5(8(14)17-3-11)12-6(13)4(10)7(12)18(9,15)16/h4-5,7H,3H2,1-2H3/t4-,5+,7-/m1/s1. The van der Waals surface area contributed by atoms with Gasteiger partial charge in [-0.25, -0.2) is 13.2 Å². The zero-order valence-electron chi connectivity index (χ0n) is 9.59. The zero-order chi connectivity index (χ0) is 13.9. The van der Waals surface area contributed by atoms with E-state index in [2.05, 4.69) is 20.7 Å². The number of fused-ring (bicyclic) bond motifs is 1. The Labute approximate surface area is 118 Å². The molecule has 18 heavy (non-hydrogen) atoms. The topological polar surface area (TPSA) is 80.8 Å². The van der Waals surface area contributed by atoms with E-state index in [1.165, 1.54) is 13.8 Å². The predicted molar refractivity (Wildman–Crippen MR) is 66.9 cm³/mol. The van der Waals surface area contributed by atoms with E-state index < -0.39 is 42.7 Å². The average Bonchev–Trinajstić information content (AvgIpc) is 2.41. The number of β-lactam (4-membered cyclic amide) rings is 1. The van der Waals surface area contributed by atoms with Crippen molar-refractivity contribution in [2.24, 2.45) is 0 Å². The fourth-order valence-corrected chi connectivity index (χ4v) is 5.91. The van der Waals surface area contributed by atoms with E-state index in [0.29, 0.717) is 0 Å². The largest absolute Gasteiger partial charge is 0.448 e. The summed E-state index contributed by atoms with van der Waals surface area (Å²) in [6, 6.07) is -1.52. The molecular weight excluding hydrogens is 350 g/mol. The number of hydrogen-bond donors (Lipinski definition) is 0. The molecule has 0 bridgehead atoms. The second kappa shape index (κ2) is 4.08. The Morgan fingerprint density at radius 2 is 2.11 bits per heavy atom. The molecular formula is C9H11BrClNO5S. The van der Waals surface area contributed by atoms with Gasteiger partial charge in [0.1, 0.15) is 15.6 Å². The molecule has 9 heteroatoms. The van der Waals surface area contributed by atoms with Crippen LogP contribution < -0.4 is 0 Å². The SMILES string of the molecule is CC1(C)[C@H](C(=O)OCCl)N2C(=O)[C@@H](Br)[C@H]2S1(=O)=O. The Kier molecular flexibility index (Phi) is 3.19. The van der Waals surface area contributed by atoms with Crippen LogP contribution in [-0.4, -0.2) is 52.3 Å². The van der Waals surface area contributed by atoms with E-state index in [1.807, 2.05) is 0 Å². The average molecular weight is 361 g/mol. The summed E-state index contributed by atoms with van der Waals surface area (Å²) in [5.74, 6) is -1.22. The van der Waals surface area contributed by atoms with Crippen molar-refractivity contribution in [1.29, 1.82) is 0 Å². The molecule has 6 nitrogen and oxygen atoms in total. The summed E-state index contributed by atoms with van der Waals surface area (Å²) in [6.07, 6.45) is 0. The second-order valence-corrected chi connectivity index (χ2v) is 8.49. The zero-order valence-corrected chi connectivity index (χ0v) is 12.8. The normalized spacial score (nSPS) is 35.9. The lowest BCUT2D eigenvalue weighted by molar-refractivity contribution is -0.159. The van der Waals surface area contributed by atoms with E-state index in [0.717, 1.165) is 4.90 Å². The molecule has 0 saturated carbocycles. The van der Waals surface area contributed by atoms with Crippen molar-refractivity contribution in [2.45, 2.75) is 34.8 Å². The lowest BCUT2D eigenvalue weighted by Gasteiger charge is -2.40. The number of ether oxygens (including phenoxy) is 1. The maximum atomic E-state index is 12.3. The molecule has 102 valence electrons. The van der Waals surface area contributed by atoms with Crippen LogP contribution in [0, 0.1) is 0 Å². The Hall–Kier alpha value is -0.340. The summed E-state index contributed by atoms with van der Waals surface area (Å²) < 4.78 is 27.8. The molecule has 0 unspecified atom stereocenters. The first-order valence-electron chi connectivity index (χ1n) is 5.10. The van der Waals surface area contributed by atoms with Crippen LogP contribution in [0.4, 0.5) is 0 Å². The Balaban J connectivity index is 2.48. The summed E-state index contributed by atoms with van der Waals surface area (Å²) in [7, 11) is -3.65. The Bertz CT molecular complexity index is 519. The summed E-state index contributed by atoms with van der Waals surface area (Å²) in [6.45, 7) is 2.82. The number of halogens is 2. The molecule has 0 radical (unpaired) electrons. The molecule has 3 atom stereocenters. The number of rotatable bonds is 2. The number of esters is 1. The number of nitrogens with zero attached hydrogens (tertiary/aromatic N) is 1. The minimum atomic E-state index is -3.65. The molecule has 0 aliphatic carbocycles. The maximum absolute atomic E-state index is 12.3. The number of carbonyl (C=O) groups is 2. The Morgan fingerprint density at radius 3 is 2.61 bits per heavy atom. The molecule has 0 aromatic carbocycles. The quantitative estimate of drug-likeness (QED) is 0.400. The van der Waals surface area contributed by atoms with E-state index >= 15 is 0 Å². The molecule has 0 N–H and O–H groups in total.